The van der Waals surface area contributed by atoms with E-state index in [0.29, 0.717) is 11.3 Å². The van der Waals surface area contributed by atoms with E-state index in [1.54, 1.807) is 7.11 Å². The number of nitrogens with one attached hydrogen (secondary N) is 1. The third kappa shape index (κ3) is 6.36. The van der Waals surface area contributed by atoms with Crippen molar-refractivity contribution in [1.29, 1.82) is 5.26 Å². The van der Waals surface area contributed by atoms with E-state index in [0.717, 1.165) is 34.2 Å². The maximum Gasteiger partial charge on any atom is 0.113 e. The van der Waals surface area contributed by atoms with E-state index in [1.165, 1.54) is 11.3 Å². The molecule has 0 fully saturated rings. The van der Waals surface area contributed by atoms with Crippen LogP contribution in [-0.4, -0.2) is 7.11 Å². The molecule has 0 aliphatic heterocycles. The molecule has 0 aliphatic rings. The average Bonchev–Trinajstić information content (AvgIpc) is 2.95. The maximum absolute atomic E-state index is 9.23. The normalized spacial score (nSPS) is 10.2. The van der Waals surface area contributed by atoms with Crippen molar-refractivity contribution < 1.29 is 4.74 Å². The molecule has 5 heteroatoms. The number of thiophene rings is 1. The summed E-state index contributed by atoms with van der Waals surface area (Å²) in [5.74, 6) is 0.968. The van der Waals surface area contributed by atoms with Gasteiger partial charge in [0.1, 0.15) is 16.6 Å². The molecule has 3 N–H and O–H groups in total. The van der Waals surface area contributed by atoms with Crippen molar-refractivity contribution in [2.75, 3.05) is 18.2 Å². The summed E-state index contributed by atoms with van der Waals surface area (Å²) >= 11 is 1.54. The van der Waals surface area contributed by atoms with Crippen molar-refractivity contribution in [2.24, 2.45) is 0 Å². The molecule has 0 saturated heterocycles. The van der Waals surface area contributed by atoms with Crippen LogP contribution in [-0.2, 0) is 11.2 Å². The Hall–Kier alpha value is -2.71. The number of nitrogens with two attached hydrogens (primary N) is 1. The Labute approximate surface area is 154 Å². The lowest BCUT2D eigenvalue weighted by molar-refractivity contribution is 0.293. The van der Waals surface area contributed by atoms with Gasteiger partial charge in [-0.15, -0.1) is 17.9 Å². The third-order valence-corrected chi connectivity index (χ3v) is 4.65. The molecular weight excluding hydrogens is 330 g/mol. The molecule has 1 aromatic carbocycles. The molecule has 0 unspecified atom stereocenters. The predicted octanol–water partition coefficient (Wildman–Crippen LogP) is 5.62. The van der Waals surface area contributed by atoms with Gasteiger partial charge in [0.15, 0.2) is 0 Å². The van der Waals surface area contributed by atoms with Crippen LogP contribution in [0.25, 0.3) is 0 Å². The van der Waals surface area contributed by atoms with E-state index in [4.69, 9.17) is 10.5 Å². The Kier molecular flexibility index (Phi) is 8.91. The summed E-state index contributed by atoms with van der Waals surface area (Å²) in [5, 5.41) is 13.3. The van der Waals surface area contributed by atoms with Crippen LogP contribution in [0.4, 0.5) is 16.4 Å². The van der Waals surface area contributed by atoms with Gasteiger partial charge in [-0.1, -0.05) is 30.4 Å². The molecule has 0 spiro atoms. The molecule has 0 amide bonds. The smallest absolute Gasteiger partial charge is 0.113 e. The molecule has 132 valence electrons. The van der Waals surface area contributed by atoms with Crippen molar-refractivity contribution >= 4 is 27.7 Å². The van der Waals surface area contributed by atoms with Gasteiger partial charge >= 0.3 is 0 Å². The van der Waals surface area contributed by atoms with Crippen molar-refractivity contribution in [3.05, 3.63) is 65.3 Å². The highest BCUT2D eigenvalue weighted by Crippen LogP contribution is 2.37. The number of rotatable bonds is 6. The van der Waals surface area contributed by atoms with E-state index in [9.17, 15) is 5.26 Å². The van der Waals surface area contributed by atoms with Crippen LogP contribution >= 0.6 is 11.3 Å². The largest absolute Gasteiger partial charge is 0.502 e. The van der Waals surface area contributed by atoms with Crippen molar-refractivity contribution in [3.8, 4) is 6.07 Å². The zero-order chi connectivity index (χ0) is 18.7. The minimum atomic E-state index is 0.535. The second kappa shape index (κ2) is 11.0. The lowest BCUT2D eigenvalue weighted by Crippen LogP contribution is -1.93. The number of anilines is 3. The van der Waals surface area contributed by atoms with Gasteiger partial charge in [-0.2, -0.15) is 5.26 Å². The average molecular weight is 356 g/mol. The topological polar surface area (TPSA) is 71.1 Å². The number of allylic oxidation sites excluding steroid dienone is 3. The third-order valence-electron chi connectivity index (χ3n) is 3.47. The number of hydrogen-bond donors (Lipinski definition) is 2. The first kappa shape index (κ1) is 20.3. The van der Waals surface area contributed by atoms with E-state index in [-0.39, 0.29) is 0 Å². The molecule has 0 saturated carbocycles. The van der Waals surface area contributed by atoms with E-state index in [1.807, 2.05) is 56.3 Å². The lowest BCUT2D eigenvalue weighted by atomic mass is 10.2. The summed E-state index contributed by atoms with van der Waals surface area (Å²) in [4.78, 5) is 1.04. The fraction of sp³-hybridized carbons (Fsp3) is 0.250. The Morgan fingerprint density at radius 1 is 1.40 bits per heavy atom. The first-order valence-corrected chi connectivity index (χ1v) is 8.80. The van der Waals surface area contributed by atoms with Crippen molar-refractivity contribution in [1.82, 2.24) is 0 Å². The lowest BCUT2D eigenvalue weighted by Gasteiger charge is -2.03. The standard InChI is InChI=1S/C15H15N3S.C5H10O/c1-2-3-9-13-14(17)12(10-16)15(19-13)18-11-7-5-4-6-8-11;1-4-5(2)6-3/h2,4-8,18H,1,3,9,17H2;4H,1-3H3/b;5-4+. The van der Waals surface area contributed by atoms with Crippen LogP contribution in [0.3, 0.4) is 0 Å². The van der Waals surface area contributed by atoms with Gasteiger partial charge in [0.05, 0.1) is 18.6 Å². The number of para-hydroxylation sites is 1. The molecule has 25 heavy (non-hydrogen) atoms. The number of nitriles is 1. The summed E-state index contributed by atoms with van der Waals surface area (Å²) in [7, 11) is 1.66. The van der Waals surface area contributed by atoms with Crippen molar-refractivity contribution in [2.45, 2.75) is 26.7 Å². The van der Waals surface area contributed by atoms with Crippen LogP contribution in [0.2, 0.25) is 0 Å². The fourth-order valence-corrected chi connectivity index (χ4v) is 2.98. The number of methoxy groups -OCH3 is 1. The van der Waals surface area contributed by atoms with Gasteiger partial charge in [0.2, 0.25) is 0 Å². The summed E-state index contributed by atoms with van der Waals surface area (Å²) < 4.78 is 4.76. The Morgan fingerprint density at radius 2 is 2.08 bits per heavy atom. The van der Waals surface area contributed by atoms with E-state index < -0.39 is 0 Å². The SMILES string of the molecule is C/C=C(\C)OC.C=CCCc1sc(Nc2ccccc2)c(C#N)c1N. The van der Waals surface area contributed by atoms with Gasteiger partial charge in [-0.05, 0) is 38.8 Å². The minimum absolute atomic E-state index is 0.535. The van der Waals surface area contributed by atoms with Gasteiger partial charge in [-0.25, -0.2) is 0 Å². The Morgan fingerprint density at radius 3 is 2.56 bits per heavy atom. The second-order valence-electron chi connectivity index (χ2n) is 5.18. The molecule has 0 radical (unpaired) electrons. The highest BCUT2D eigenvalue weighted by Gasteiger charge is 2.15. The molecule has 0 aliphatic carbocycles. The quantitative estimate of drug-likeness (QED) is 0.521. The summed E-state index contributed by atoms with van der Waals surface area (Å²) in [6, 6.07) is 11.9. The van der Waals surface area contributed by atoms with E-state index >= 15 is 0 Å². The minimum Gasteiger partial charge on any atom is -0.502 e. The monoisotopic (exact) mass is 355 g/mol. The van der Waals surface area contributed by atoms with Gasteiger partial charge in [0.25, 0.3) is 0 Å². The number of aryl methyl sites for hydroxylation is 1. The number of nitrogen functional groups attached to an aromatic ring is 1. The summed E-state index contributed by atoms with van der Waals surface area (Å²) in [6.07, 6.45) is 5.46. The highest BCUT2D eigenvalue weighted by atomic mass is 32.1. The molecule has 0 atom stereocenters. The Bertz CT molecular complexity index is 742. The first-order chi connectivity index (χ1) is 12.1. The molecule has 0 bridgehead atoms. The zero-order valence-electron chi connectivity index (χ0n) is 15.0. The number of ether oxygens (including phenoxy) is 1. The van der Waals surface area contributed by atoms with Gasteiger partial charge < -0.3 is 15.8 Å². The molecule has 2 aromatic rings. The molecule has 1 aromatic heterocycles. The summed E-state index contributed by atoms with van der Waals surface area (Å²) in [6.45, 7) is 7.57. The van der Waals surface area contributed by atoms with Gasteiger partial charge in [-0.3, -0.25) is 0 Å². The zero-order valence-corrected chi connectivity index (χ0v) is 15.8. The molecular formula is C20H25N3OS. The Balaban J connectivity index is 0.000000450. The number of benzene rings is 1. The van der Waals surface area contributed by atoms with Crippen LogP contribution in [0.1, 0.15) is 30.7 Å². The maximum atomic E-state index is 9.23. The molecule has 4 nitrogen and oxygen atoms in total. The first-order valence-electron chi connectivity index (χ1n) is 7.98. The van der Waals surface area contributed by atoms with E-state index in [2.05, 4.69) is 18.0 Å². The van der Waals surface area contributed by atoms with Gasteiger partial charge in [0, 0.05) is 10.6 Å². The van der Waals surface area contributed by atoms with Crippen LogP contribution in [0.15, 0.2) is 54.8 Å². The van der Waals surface area contributed by atoms with Crippen LogP contribution < -0.4 is 11.1 Å². The number of hydrogen-bond acceptors (Lipinski definition) is 5. The predicted molar refractivity (Wildman–Crippen MR) is 108 cm³/mol. The fourth-order valence-electron chi connectivity index (χ4n) is 1.88. The highest BCUT2D eigenvalue weighted by molar-refractivity contribution is 7.17. The molecule has 2 rings (SSSR count). The molecule has 1 heterocycles. The number of nitrogens with zero attached hydrogens (tertiary/aromatic N) is 1. The summed E-state index contributed by atoms with van der Waals surface area (Å²) in [5.41, 5.74) is 8.10. The second-order valence-corrected chi connectivity index (χ2v) is 6.28. The van der Waals surface area contributed by atoms with Crippen LogP contribution in [0, 0.1) is 11.3 Å². The van der Waals surface area contributed by atoms with Crippen molar-refractivity contribution in [3.63, 3.8) is 0 Å². The van der Waals surface area contributed by atoms with Crippen LogP contribution in [0.5, 0.6) is 0 Å².